The molecule has 2 heterocycles. The summed E-state index contributed by atoms with van der Waals surface area (Å²) in [5, 5.41) is 7.80. The average Bonchev–Trinajstić information content (AvgIpc) is 2.54. The minimum atomic E-state index is -5.02. The third-order valence-electron chi connectivity index (χ3n) is 2.89. The fourth-order valence-corrected chi connectivity index (χ4v) is 1.85. The number of rotatable bonds is 3. The molecule has 1 atom stereocenters. The van der Waals surface area contributed by atoms with Crippen molar-refractivity contribution in [3.8, 4) is 11.8 Å². The molecule has 1 aliphatic rings. The molecule has 1 aromatic heterocycles. The summed E-state index contributed by atoms with van der Waals surface area (Å²) in [6.07, 6.45) is 4.40. The Labute approximate surface area is 136 Å². The summed E-state index contributed by atoms with van der Waals surface area (Å²) in [6, 6.07) is 0. The lowest BCUT2D eigenvalue weighted by Gasteiger charge is -2.28. The van der Waals surface area contributed by atoms with E-state index in [-0.39, 0.29) is 11.5 Å². The number of dihydropyridines is 1. The molecule has 0 fully saturated rings. The number of likely N-dealkylation sites (N-methyl/N-ethyl adjacent to an activating group) is 1. The molecule has 126 valence electrons. The smallest absolute Gasteiger partial charge is 0.360 e. The van der Waals surface area contributed by atoms with Crippen molar-refractivity contribution in [2.45, 2.75) is 18.8 Å². The minimum Gasteiger partial charge on any atom is -0.360 e. The topological polar surface area (TPSA) is 78.9 Å². The Kier molecular flexibility index (Phi) is 5.21. The van der Waals surface area contributed by atoms with Gasteiger partial charge in [-0.25, -0.2) is 9.97 Å². The normalized spacial score (nSPS) is 19.2. The van der Waals surface area contributed by atoms with Gasteiger partial charge in [0, 0.05) is 12.4 Å². The highest BCUT2D eigenvalue weighted by Gasteiger charge is 2.39. The first-order valence-corrected chi connectivity index (χ1v) is 6.96. The molecule has 0 saturated carbocycles. The Bertz CT molecular complexity index is 733. The van der Waals surface area contributed by atoms with Crippen molar-refractivity contribution in [3.05, 3.63) is 42.5 Å². The van der Waals surface area contributed by atoms with Crippen LogP contribution in [0.3, 0.4) is 0 Å². The van der Waals surface area contributed by atoms with Gasteiger partial charge in [0.25, 0.3) is 0 Å². The first-order valence-electron chi connectivity index (χ1n) is 6.96. The molecule has 24 heavy (non-hydrogen) atoms. The number of carbonyl (C=O) groups excluding carboxylic acids is 1. The molecule has 1 aliphatic heterocycles. The van der Waals surface area contributed by atoms with Crippen LogP contribution in [0.1, 0.15) is 12.6 Å². The Morgan fingerprint density at radius 3 is 2.71 bits per heavy atom. The van der Waals surface area contributed by atoms with Crippen molar-refractivity contribution in [2.75, 3.05) is 11.9 Å². The van der Waals surface area contributed by atoms with Gasteiger partial charge < -0.3 is 10.6 Å². The summed E-state index contributed by atoms with van der Waals surface area (Å²) in [7, 11) is 0. The van der Waals surface area contributed by atoms with Crippen LogP contribution in [0.25, 0.3) is 0 Å². The van der Waals surface area contributed by atoms with E-state index in [1.165, 1.54) is 12.4 Å². The number of nitrogens with one attached hydrogen (secondary N) is 3. The molecule has 1 unspecified atom stereocenters. The Balaban J connectivity index is 2.29. The van der Waals surface area contributed by atoms with Gasteiger partial charge in [0.15, 0.2) is 17.2 Å². The molecule has 0 radical (unpaired) electrons. The van der Waals surface area contributed by atoms with Crippen molar-refractivity contribution in [1.82, 2.24) is 20.6 Å². The van der Waals surface area contributed by atoms with Crippen molar-refractivity contribution >= 4 is 11.7 Å². The van der Waals surface area contributed by atoms with E-state index in [2.05, 4.69) is 32.4 Å². The quantitative estimate of drug-likeness (QED) is 0.725. The highest BCUT2D eigenvalue weighted by Crippen LogP contribution is 2.18. The molecule has 0 saturated heterocycles. The Morgan fingerprint density at radius 2 is 2.08 bits per heavy atom. The molecule has 1 aromatic rings. The predicted octanol–water partition coefficient (Wildman–Crippen LogP) is 1.31. The van der Waals surface area contributed by atoms with E-state index in [1.54, 1.807) is 29.7 Å². The van der Waals surface area contributed by atoms with Crippen LogP contribution >= 0.6 is 0 Å². The molecule has 1 amide bonds. The van der Waals surface area contributed by atoms with Crippen LogP contribution in [0.2, 0.25) is 0 Å². The predicted molar refractivity (Wildman–Crippen MR) is 81.4 cm³/mol. The number of anilines is 1. The Morgan fingerprint density at radius 1 is 1.33 bits per heavy atom. The van der Waals surface area contributed by atoms with Crippen LogP contribution in [-0.2, 0) is 4.79 Å². The van der Waals surface area contributed by atoms with E-state index < -0.39 is 17.7 Å². The second kappa shape index (κ2) is 7.14. The third kappa shape index (κ3) is 4.33. The van der Waals surface area contributed by atoms with E-state index in [1.807, 2.05) is 6.92 Å². The molecule has 0 aromatic carbocycles. The lowest BCUT2D eigenvalue weighted by Crippen LogP contribution is -2.53. The number of alkyl halides is 3. The van der Waals surface area contributed by atoms with E-state index in [4.69, 9.17) is 0 Å². The molecule has 0 spiro atoms. The fourth-order valence-electron chi connectivity index (χ4n) is 1.85. The van der Waals surface area contributed by atoms with E-state index in [0.29, 0.717) is 6.54 Å². The largest absolute Gasteiger partial charge is 0.471 e. The molecule has 2 rings (SSSR count). The van der Waals surface area contributed by atoms with Gasteiger partial charge in [-0.05, 0) is 36.7 Å². The van der Waals surface area contributed by atoms with Gasteiger partial charge in [0.1, 0.15) is 0 Å². The summed E-state index contributed by atoms with van der Waals surface area (Å²) < 4.78 is 37.1. The van der Waals surface area contributed by atoms with Crippen LogP contribution in [0.5, 0.6) is 0 Å². The summed E-state index contributed by atoms with van der Waals surface area (Å²) in [5.41, 5.74) is -0.955. The van der Waals surface area contributed by atoms with Gasteiger partial charge in [-0.15, -0.1) is 0 Å². The van der Waals surface area contributed by atoms with Gasteiger partial charge in [-0.1, -0.05) is 13.0 Å². The van der Waals surface area contributed by atoms with Crippen LogP contribution in [0, 0.1) is 11.8 Å². The highest BCUT2D eigenvalue weighted by molar-refractivity contribution is 5.94. The average molecular weight is 337 g/mol. The van der Waals surface area contributed by atoms with Crippen LogP contribution < -0.4 is 16.0 Å². The summed E-state index contributed by atoms with van der Waals surface area (Å²) in [4.78, 5) is 18.6. The number of amides is 1. The van der Waals surface area contributed by atoms with Crippen LogP contribution in [0.15, 0.2) is 36.8 Å². The molecule has 6 nitrogen and oxygen atoms in total. The van der Waals surface area contributed by atoms with Crippen molar-refractivity contribution in [3.63, 3.8) is 0 Å². The summed E-state index contributed by atoms with van der Waals surface area (Å²) in [6.45, 7) is 2.48. The van der Waals surface area contributed by atoms with Gasteiger partial charge in [-0.3, -0.25) is 10.1 Å². The number of aromatic nitrogens is 2. The monoisotopic (exact) mass is 337 g/mol. The standard InChI is InChI=1S/C15H14F3N5O/c1-2-21-14(6-3-4-8-22-14)7-5-11-12(20-10-9-19-11)23-13(24)15(16,17)18/h3-4,6,8-10,21-22H,2H2,1H3,(H,20,23,24). The first-order chi connectivity index (χ1) is 11.4. The summed E-state index contributed by atoms with van der Waals surface area (Å²) in [5.74, 6) is 3.02. The molecule has 0 aliphatic carbocycles. The molecule has 0 bridgehead atoms. The maximum Gasteiger partial charge on any atom is 0.471 e. The van der Waals surface area contributed by atoms with Gasteiger partial charge >= 0.3 is 12.1 Å². The lowest BCUT2D eigenvalue weighted by molar-refractivity contribution is -0.167. The number of allylic oxidation sites excluding steroid dienone is 2. The van der Waals surface area contributed by atoms with Gasteiger partial charge in [-0.2, -0.15) is 13.2 Å². The first kappa shape index (κ1) is 17.5. The number of hydrogen-bond donors (Lipinski definition) is 3. The number of nitrogens with zero attached hydrogens (tertiary/aromatic N) is 2. The van der Waals surface area contributed by atoms with E-state index >= 15 is 0 Å². The second-order valence-corrected chi connectivity index (χ2v) is 4.66. The number of carbonyl (C=O) groups is 1. The zero-order valence-electron chi connectivity index (χ0n) is 12.6. The minimum absolute atomic E-state index is 0.0721. The zero-order valence-corrected chi connectivity index (χ0v) is 12.6. The third-order valence-corrected chi connectivity index (χ3v) is 2.89. The van der Waals surface area contributed by atoms with Crippen molar-refractivity contribution < 1.29 is 18.0 Å². The van der Waals surface area contributed by atoms with Gasteiger partial charge in [0.2, 0.25) is 0 Å². The summed E-state index contributed by atoms with van der Waals surface area (Å²) >= 11 is 0. The van der Waals surface area contributed by atoms with Gasteiger partial charge in [0.05, 0.1) is 0 Å². The molecule has 9 heteroatoms. The highest BCUT2D eigenvalue weighted by atomic mass is 19.4. The number of hydrogen-bond acceptors (Lipinski definition) is 5. The van der Waals surface area contributed by atoms with E-state index in [0.717, 1.165) is 0 Å². The lowest BCUT2D eigenvalue weighted by atomic mass is 10.1. The SMILES string of the molecule is CCNC1(C#Cc2nccnc2NC(=O)C(F)(F)F)C=CC=CN1. The van der Waals surface area contributed by atoms with Crippen LogP contribution in [0.4, 0.5) is 19.0 Å². The van der Waals surface area contributed by atoms with Crippen molar-refractivity contribution in [2.24, 2.45) is 0 Å². The molecular weight excluding hydrogens is 323 g/mol. The molecule has 3 N–H and O–H groups in total. The van der Waals surface area contributed by atoms with E-state index in [9.17, 15) is 18.0 Å². The number of halogens is 3. The fraction of sp³-hybridized carbons (Fsp3) is 0.267. The molecular formula is C15H14F3N5O. The van der Waals surface area contributed by atoms with Crippen molar-refractivity contribution in [1.29, 1.82) is 0 Å². The zero-order chi connectivity index (χ0) is 17.6. The second-order valence-electron chi connectivity index (χ2n) is 4.66. The van der Waals surface area contributed by atoms with Crippen LogP contribution in [-0.4, -0.2) is 34.3 Å². The maximum absolute atomic E-state index is 12.4. The Hall–Kier alpha value is -2.86. The maximum atomic E-state index is 12.4.